The van der Waals surface area contributed by atoms with E-state index in [-0.39, 0.29) is 17.8 Å². The number of rotatable bonds is 11. The molecule has 0 aliphatic rings. The lowest BCUT2D eigenvalue weighted by Crippen LogP contribution is -2.39. The van der Waals surface area contributed by atoms with Gasteiger partial charge in [0.2, 0.25) is 0 Å². The Labute approximate surface area is 237 Å². The lowest BCUT2D eigenvalue weighted by molar-refractivity contribution is 0.0635. The van der Waals surface area contributed by atoms with Crippen LogP contribution in [-0.4, -0.2) is 60.7 Å². The molecule has 4 amide bonds. The summed E-state index contributed by atoms with van der Waals surface area (Å²) in [7, 11) is 3.94. The fraction of sp³-hybridized carbons (Fsp3) is 0.407. The van der Waals surface area contributed by atoms with Crippen LogP contribution in [0, 0.1) is 0 Å². The molecule has 3 aromatic heterocycles. The van der Waals surface area contributed by atoms with E-state index in [1.54, 1.807) is 61.2 Å². The molecule has 0 bridgehead atoms. The summed E-state index contributed by atoms with van der Waals surface area (Å²) in [5, 5.41) is 16.8. The third-order valence-corrected chi connectivity index (χ3v) is 7.05. The molecular formula is C27H36N6O4S2. The number of nitrogens with zero attached hydrogens (tertiary/aromatic N) is 2. The monoisotopic (exact) mass is 572 g/mol. The highest BCUT2D eigenvalue weighted by Gasteiger charge is 2.20. The quantitative estimate of drug-likeness (QED) is 0.246. The van der Waals surface area contributed by atoms with Crippen LogP contribution in [0.2, 0.25) is 0 Å². The van der Waals surface area contributed by atoms with Crippen molar-refractivity contribution in [3.05, 3.63) is 62.7 Å². The van der Waals surface area contributed by atoms with Crippen molar-refractivity contribution in [3.63, 3.8) is 0 Å². The van der Waals surface area contributed by atoms with Gasteiger partial charge in [0.15, 0.2) is 0 Å². The van der Waals surface area contributed by atoms with Crippen molar-refractivity contribution in [2.45, 2.75) is 45.3 Å². The Hall–Kier alpha value is -3.48. The summed E-state index contributed by atoms with van der Waals surface area (Å²) >= 11 is 3.00. The van der Waals surface area contributed by atoms with E-state index >= 15 is 0 Å². The molecule has 1 unspecified atom stereocenters. The Morgan fingerprint density at radius 3 is 2.44 bits per heavy atom. The lowest BCUT2D eigenvalue weighted by atomic mass is 10.1. The van der Waals surface area contributed by atoms with Gasteiger partial charge in [0.05, 0.1) is 17.4 Å². The molecule has 3 aromatic rings. The fourth-order valence-corrected chi connectivity index (χ4v) is 4.93. The Morgan fingerprint density at radius 1 is 1.08 bits per heavy atom. The van der Waals surface area contributed by atoms with Crippen LogP contribution in [0.5, 0.6) is 0 Å². The molecule has 3 heterocycles. The van der Waals surface area contributed by atoms with Crippen LogP contribution in [0.25, 0.3) is 0 Å². The third kappa shape index (κ3) is 10.3. The van der Waals surface area contributed by atoms with Crippen molar-refractivity contribution in [3.8, 4) is 0 Å². The minimum absolute atomic E-state index is 0.208. The molecule has 0 saturated carbocycles. The number of hydrogen-bond donors (Lipinski definition) is 4. The van der Waals surface area contributed by atoms with Gasteiger partial charge in [0.25, 0.3) is 5.91 Å². The Morgan fingerprint density at radius 2 is 1.82 bits per heavy atom. The van der Waals surface area contributed by atoms with E-state index < -0.39 is 17.6 Å². The molecule has 3 rings (SSSR count). The van der Waals surface area contributed by atoms with Gasteiger partial charge in [-0.05, 0) is 77.3 Å². The van der Waals surface area contributed by atoms with Gasteiger partial charge in [0.1, 0.15) is 11.3 Å². The number of thiophene rings is 2. The second-order valence-corrected chi connectivity index (χ2v) is 11.9. The predicted molar refractivity (Wildman–Crippen MR) is 157 cm³/mol. The van der Waals surface area contributed by atoms with Gasteiger partial charge in [-0.15, -0.1) is 22.7 Å². The SMILES string of the molecule is CN(C)CCC(NC(=O)NCCc1cccs1)c1ccc(C(=O)Nc2cscc2NC(=O)OC(C)(C)C)nc1. The van der Waals surface area contributed by atoms with Crippen molar-refractivity contribution in [2.75, 3.05) is 37.8 Å². The number of carbonyl (C=O) groups is 3. The van der Waals surface area contributed by atoms with Gasteiger partial charge >= 0.3 is 12.1 Å². The number of aromatic nitrogens is 1. The number of hydrogen-bond acceptors (Lipinski definition) is 8. The molecule has 0 spiro atoms. The molecule has 39 heavy (non-hydrogen) atoms. The first kappa shape index (κ1) is 30.1. The maximum absolute atomic E-state index is 12.9. The zero-order valence-electron chi connectivity index (χ0n) is 22.9. The van der Waals surface area contributed by atoms with Gasteiger partial charge in [-0.2, -0.15) is 0 Å². The van der Waals surface area contributed by atoms with Gasteiger partial charge in [-0.3, -0.25) is 15.1 Å². The van der Waals surface area contributed by atoms with E-state index in [2.05, 4.69) is 26.3 Å². The molecule has 0 radical (unpaired) electrons. The van der Waals surface area contributed by atoms with Crippen molar-refractivity contribution in [1.82, 2.24) is 20.5 Å². The van der Waals surface area contributed by atoms with E-state index in [0.29, 0.717) is 24.3 Å². The fourth-order valence-electron chi connectivity index (χ4n) is 3.51. The molecule has 0 aliphatic heterocycles. The number of amides is 4. The number of carbonyl (C=O) groups excluding carboxylic acids is 3. The minimum Gasteiger partial charge on any atom is -0.444 e. The van der Waals surface area contributed by atoms with Crippen LogP contribution < -0.4 is 21.3 Å². The smallest absolute Gasteiger partial charge is 0.412 e. The zero-order valence-corrected chi connectivity index (χ0v) is 24.5. The zero-order chi connectivity index (χ0) is 28.4. The van der Waals surface area contributed by atoms with Gasteiger partial charge in [0, 0.05) is 28.4 Å². The first-order chi connectivity index (χ1) is 18.5. The van der Waals surface area contributed by atoms with Crippen LogP contribution in [0.15, 0.2) is 46.6 Å². The molecule has 12 heteroatoms. The Balaban J connectivity index is 1.60. The third-order valence-electron chi connectivity index (χ3n) is 5.37. The molecule has 0 aromatic carbocycles. The van der Waals surface area contributed by atoms with Crippen LogP contribution in [0.4, 0.5) is 21.0 Å². The summed E-state index contributed by atoms with van der Waals surface area (Å²) in [5.41, 5.74) is 1.26. The standard InChI is InChI=1S/C27H36N6O4S2/c1-27(2,3)37-26(36)32-23-17-38-16-22(23)30-24(34)21-9-8-18(15-29-21)20(11-13-33(4)5)31-25(35)28-12-10-19-7-6-14-39-19/h6-9,14-17,20H,10-13H2,1-5H3,(H,30,34)(H,32,36)(H2,28,31,35). The van der Waals surface area contributed by atoms with Gasteiger partial charge in [-0.1, -0.05) is 12.1 Å². The van der Waals surface area contributed by atoms with Gasteiger partial charge < -0.3 is 25.6 Å². The molecule has 0 fully saturated rings. The van der Waals surface area contributed by atoms with E-state index in [4.69, 9.17) is 4.74 Å². The van der Waals surface area contributed by atoms with Crippen molar-refractivity contribution >= 4 is 52.1 Å². The summed E-state index contributed by atoms with van der Waals surface area (Å²) in [6, 6.07) is 6.93. The first-order valence-electron chi connectivity index (χ1n) is 12.5. The number of urea groups is 1. The summed E-state index contributed by atoms with van der Waals surface area (Å²) in [5.74, 6) is -0.420. The summed E-state index contributed by atoms with van der Waals surface area (Å²) in [6.07, 6.45) is 2.45. The largest absolute Gasteiger partial charge is 0.444 e. The van der Waals surface area contributed by atoms with Gasteiger partial charge in [-0.25, -0.2) is 9.59 Å². The van der Waals surface area contributed by atoms with Crippen LogP contribution in [0.3, 0.4) is 0 Å². The summed E-state index contributed by atoms with van der Waals surface area (Å²) < 4.78 is 5.28. The highest BCUT2D eigenvalue weighted by molar-refractivity contribution is 7.10. The second kappa shape index (κ2) is 14.1. The average molecular weight is 573 g/mol. The number of anilines is 2. The molecule has 210 valence electrons. The number of nitrogens with one attached hydrogen (secondary N) is 4. The predicted octanol–water partition coefficient (Wildman–Crippen LogP) is 5.34. The maximum Gasteiger partial charge on any atom is 0.412 e. The second-order valence-electron chi connectivity index (χ2n) is 10.1. The molecule has 0 saturated heterocycles. The average Bonchev–Trinajstić information content (AvgIpc) is 3.53. The Kier molecular flexibility index (Phi) is 10.8. The number of pyridine rings is 1. The highest BCUT2D eigenvalue weighted by atomic mass is 32.1. The number of ether oxygens (including phenoxy) is 1. The van der Waals surface area contributed by atoms with Crippen molar-refractivity contribution < 1.29 is 19.1 Å². The van der Waals surface area contributed by atoms with E-state index in [1.807, 2.05) is 36.5 Å². The molecular weight excluding hydrogens is 536 g/mol. The molecule has 10 nitrogen and oxygen atoms in total. The first-order valence-corrected chi connectivity index (χ1v) is 14.4. The normalized spacial score (nSPS) is 12.1. The maximum atomic E-state index is 12.9. The topological polar surface area (TPSA) is 125 Å². The summed E-state index contributed by atoms with van der Waals surface area (Å²) in [4.78, 5) is 45.2. The molecule has 1 atom stereocenters. The molecule has 0 aliphatic carbocycles. The van der Waals surface area contributed by atoms with E-state index in [1.165, 1.54) is 16.2 Å². The highest BCUT2D eigenvalue weighted by Crippen LogP contribution is 2.28. The van der Waals surface area contributed by atoms with Crippen molar-refractivity contribution in [1.29, 1.82) is 0 Å². The molecule has 4 N–H and O–H groups in total. The van der Waals surface area contributed by atoms with Crippen LogP contribution in [-0.2, 0) is 11.2 Å². The Bertz CT molecular complexity index is 1220. The van der Waals surface area contributed by atoms with Crippen molar-refractivity contribution in [2.24, 2.45) is 0 Å². The van der Waals surface area contributed by atoms with E-state index in [9.17, 15) is 14.4 Å². The van der Waals surface area contributed by atoms with Crippen LogP contribution in [0.1, 0.15) is 54.2 Å². The van der Waals surface area contributed by atoms with E-state index in [0.717, 1.165) is 18.5 Å². The lowest BCUT2D eigenvalue weighted by Gasteiger charge is -2.21. The van der Waals surface area contributed by atoms with Crippen LogP contribution >= 0.6 is 22.7 Å². The summed E-state index contributed by atoms with van der Waals surface area (Å²) in [6.45, 7) is 6.62. The minimum atomic E-state index is -0.640.